The Morgan fingerprint density at radius 3 is 2.44 bits per heavy atom. The van der Waals surface area contributed by atoms with Crippen molar-refractivity contribution in [1.29, 1.82) is 0 Å². The highest BCUT2D eigenvalue weighted by Gasteiger charge is 2.42. The molecule has 0 amide bonds. The van der Waals surface area contributed by atoms with Crippen molar-refractivity contribution in [2.75, 3.05) is 4.90 Å². The van der Waals surface area contributed by atoms with Crippen molar-refractivity contribution in [3.63, 3.8) is 0 Å². The fraction of sp³-hybridized carbons (Fsp3) is 0.214. The van der Waals surface area contributed by atoms with Crippen LogP contribution in [0.4, 0.5) is 5.69 Å². The van der Waals surface area contributed by atoms with Crippen LogP contribution < -0.4 is 10.2 Å². The van der Waals surface area contributed by atoms with E-state index in [9.17, 15) is 0 Å². The zero-order valence-electron chi connectivity index (χ0n) is 19.5. The highest BCUT2D eigenvalue weighted by molar-refractivity contribution is 9.10. The minimum absolute atomic E-state index is 0.0259. The number of thiocarbonyl (C=S) groups is 1. The number of anilines is 1. The Kier molecular flexibility index (Phi) is 6.28. The van der Waals surface area contributed by atoms with E-state index >= 15 is 0 Å². The van der Waals surface area contributed by atoms with E-state index in [2.05, 4.69) is 112 Å². The molecule has 1 fully saturated rings. The first-order valence-electron chi connectivity index (χ1n) is 11.5. The lowest BCUT2D eigenvalue weighted by atomic mass is 9.96. The predicted octanol–water partition coefficient (Wildman–Crippen LogP) is 6.99. The van der Waals surface area contributed by atoms with Gasteiger partial charge >= 0.3 is 0 Å². The average Bonchev–Trinajstić information content (AvgIpc) is 3.34. The van der Waals surface area contributed by atoms with E-state index < -0.39 is 0 Å². The number of halogens is 1. The maximum atomic E-state index is 5.91. The molecule has 2 aromatic heterocycles. The number of pyridine rings is 1. The monoisotopic (exact) mass is 530 g/mol. The van der Waals surface area contributed by atoms with Gasteiger partial charge in [-0.25, -0.2) is 0 Å². The van der Waals surface area contributed by atoms with Gasteiger partial charge in [0.1, 0.15) is 0 Å². The second kappa shape index (κ2) is 9.35. The highest BCUT2D eigenvalue weighted by atomic mass is 79.9. The SMILES string of the molecule is CCc1ccc(N2C(=S)N[C@@H](c3ccccn3)[C@H]2c2cc(C)n(-c3cccc(Br)c3)c2C)cc1. The number of benzene rings is 2. The second-order valence-electron chi connectivity index (χ2n) is 8.66. The Bertz CT molecular complexity index is 1330. The summed E-state index contributed by atoms with van der Waals surface area (Å²) in [6, 6.07) is 25.4. The molecule has 34 heavy (non-hydrogen) atoms. The van der Waals surface area contributed by atoms with E-state index in [1.807, 2.05) is 18.3 Å². The van der Waals surface area contributed by atoms with E-state index in [0.717, 1.165) is 33.1 Å². The molecule has 0 radical (unpaired) electrons. The summed E-state index contributed by atoms with van der Waals surface area (Å²) >= 11 is 9.53. The van der Waals surface area contributed by atoms with Crippen LogP contribution in [0.15, 0.2) is 83.5 Å². The van der Waals surface area contributed by atoms with E-state index in [1.165, 1.54) is 22.5 Å². The van der Waals surface area contributed by atoms with E-state index in [1.54, 1.807) is 0 Å². The number of aryl methyl sites for hydroxylation is 2. The first kappa shape index (κ1) is 22.8. The standard InChI is InChI=1S/C28H27BrN4S/c1-4-20-11-13-22(14-12-20)33-27(26(31-28(33)34)25-10-5-6-15-30-25)24-16-18(2)32(19(24)3)23-9-7-8-21(29)17-23/h5-17,26-27H,4H2,1-3H3,(H,31,34)/t26-,27+/m0/s1. The number of aromatic nitrogens is 2. The Labute approximate surface area is 214 Å². The largest absolute Gasteiger partial charge is 0.351 e. The lowest BCUT2D eigenvalue weighted by Crippen LogP contribution is -2.29. The van der Waals surface area contributed by atoms with Crippen LogP contribution in [0.3, 0.4) is 0 Å². The van der Waals surface area contributed by atoms with E-state index in [0.29, 0.717) is 0 Å². The van der Waals surface area contributed by atoms with Gasteiger partial charge in [0.2, 0.25) is 0 Å². The number of hydrogen-bond donors (Lipinski definition) is 1. The molecule has 2 atom stereocenters. The minimum atomic E-state index is -0.0592. The van der Waals surface area contributed by atoms with Crippen molar-refractivity contribution in [2.45, 2.75) is 39.3 Å². The number of rotatable bonds is 5. The van der Waals surface area contributed by atoms with Gasteiger partial charge in [0.25, 0.3) is 0 Å². The van der Waals surface area contributed by atoms with Crippen molar-refractivity contribution in [2.24, 2.45) is 0 Å². The molecular weight excluding hydrogens is 504 g/mol. The number of nitrogens with one attached hydrogen (secondary N) is 1. The summed E-state index contributed by atoms with van der Waals surface area (Å²) < 4.78 is 3.38. The third-order valence-corrected chi connectivity index (χ3v) is 7.38. The van der Waals surface area contributed by atoms with Crippen LogP contribution in [0.25, 0.3) is 5.69 Å². The van der Waals surface area contributed by atoms with Gasteiger partial charge in [0.05, 0.1) is 17.8 Å². The molecule has 1 aliphatic heterocycles. The summed E-state index contributed by atoms with van der Waals surface area (Å²) in [5, 5.41) is 4.30. The Morgan fingerprint density at radius 1 is 0.971 bits per heavy atom. The Balaban J connectivity index is 1.67. The molecule has 4 nitrogen and oxygen atoms in total. The Hall–Kier alpha value is -2.96. The van der Waals surface area contributed by atoms with Gasteiger partial charge in [-0.1, -0.05) is 47.1 Å². The second-order valence-corrected chi connectivity index (χ2v) is 9.96. The van der Waals surface area contributed by atoms with Gasteiger partial charge in [0, 0.05) is 33.4 Å². The third kappa shape index (κ3) is 4.05. The number of hydrogen-bond acceptors (Lipinski definition) is 2. The summed E-state index contributed by atoms with van der Waals surface area (Å²) in [6.45, 7) is 6.53. The first-order chi connectivity index (χ1) is 16.5. The normalized spacial score (nSPS) is 17.8. The van der Waals surface area contributed by atoms with Gasteiger partial charge in [-0.2, -0.15) is 0 Å². The van der Waals surface area contributed by atoms with Crippen molar-refractivity contribution < 1.29 is 0 Å². The van der Waals surface area contributed by atoms with Gasteiger partial charge < -0.3 is 14.8 Å². The molecule has 1 saturated heterocycles. The molecule has 5 rings (SSSR count). The zero-order chi connectivity index (χ0) is 23.8. The number of nitrogens with zero attached hydrogens (tertiary/aromatic N) is 3. The predicted molar refractivity (Wildman–Crippen MR) is 147 cm³/mol. The summed E-state index contributed by atoms with van der Waals surface area (Å²) in [7, 11) is 0. The molecule has 0 bridgehead atoms. The van der Waals surface area contributed by atoms with Gasteiger partial charge in [-0.05, 0) is 92.1 Å². The van der Waals surface area contributed by atoms with Gasteiger partial charge in [0.15, 0.2) is 5.11 Å². The fourth-order valence-corrected chi connectivity index (χ4v) is 5.67. The smallest absolute Gasteiger partial charge is 0.174 e. The topological polar surface area (TPSA) is 33.1 Å². The lowest BCUT2D eigenvalue weighted by Gasteiger charge is -2.28. The quantitative estimate of drug-likeness (QED) is 0.282. The molecule has 172 valence electrons. The molecule has 3 heterocycles. The van der Waals surface area contributed by atoms with Crippen LogP contribution >= 0.6 is 28.1 Å². The molecule has 1 N–H and O–H groups in total. The summed E-state index contributed by atoms with van der Waals surface area (Å²) in [5.41, 5.74) is 8.14. The molecule has 0 unspecified atom stereocenters. The molecule has 6 heteroatoms. The van der Waals surface area contributed by atoms with Crippen molar-refractivity contribution in [3.8, 4) is 5.69 Å². The lowest BCUT2D eigenvalue weighted by molar-refractivity contribution is 0.565. The molecule has 1 aliphatic rings. The van der Waals surface area contributed by atoms with Crippen LogP contribution in [-0.4, -0.2) is 14.7 Å². The maximum absolute atomic E-state index is 5.91. The molecule has 0 aliphatic carbocycles. The van der Waals surface area contributed by atoms with Gasteiger partial charge in [-0.3, -0.25) is 4.98 Å². The van der Waals surface area contributed by atoms with Gasteiger partial charge in [-0.15, -0.1) is 0 Å². The fourth-order valence-electron chi connectivity index (χ4n) is 4.94. The summed E-state index contributed by atoms with van der Waals surface area (Å²) in [6.07, 6.45) is 2.86. The van der Waals surface area contributed by atoms with Crippen LogP contribution in [0, 0.1) is 13.8 Å². The van der Waals surface area contributed by atoms with E-state index in [-0.39, 0.29) is 12.1 Å². The molecule has 0 spiro atoms. The highest BCUT2D eigenvalue weighted by Crippen LogP contribution is 2.43. The van der Waals surface area contributed by atoms with E-state index in [4.69, 9.17) is 17.2 Å². The Morgan fingerprint density at radius 2 is 1.76 bits per heavy atom. The third-order valence-electron chi connectivity index (χ3n) is 6.58. The van der Waals surface area contributed by atoms with Crippen LogP contribution in [0.2, 0.25) is 0 Å². The zero-order valence-corrected chi connectivity index (χ0v) is 21.9. The van der Waals surface area contributed by atoms with Crippen molar-refractivity contribution in [3.05, 3.63) is 112 Å². The average molecular weight is 532 g/mol. The molecule has 0 saturated carbocycles. The van der Waals surface area contributed by atoms with Crippen LogP contribution in [0.5, 0.6) is 0 Å². The molecular formula is C28H27BrN4S. The van der Waals surface area contributed by atoms with Crippen molar-refractivity contribution >= 4 is 38.9 Å². The molecule has 4 aromatic rings. The maximum Gasteiger partial charge on any atom is 0.174 e. The first-order valence-corrected chi connectivity index (χ1v) is 12.7. The molecule has 2 aromatic carbocycles. The van der Waals surface area contributed by atoms with Crippen molar-refractivity contribution in [1.82, 2.24) is 14.9 Å². The summed E-state index contributed by atoms with van der Waals surface area (Å²) in [4.78, 5) is 6.94. The summed E-state index contributed by atoms with van der Waals surface area (Å²) in [5.74, 6) is 0. The van der Waals surface area contributed by atoms with Crippen LogP contribution in [0.1, 0.15) is 47.2 Å². The minimum Gasteiger partial charge on any atom is -0.351 e. The van der Waals surface area contributed by atoms with Crippen LogP contribution in [-0.2, 0) is 6.42 Å².